The molecular weight excluding hydrogens is 224 g/mol. The molecule has 0 radical (unpaired) electrons. The Bertz CT molecular complexity index is 281. The minimum Gasteiger partial charge on any atom is -0.216 e. The summed E-state index contributed by atoms with van der Waals surface area (Å²) in [7, 11) is 0. The molecule has 1 rings (SSSR count). The lowest BCUT2D eigenvalue weighted by molar-refractivity contribution is 0.893. The van der Waals surface area contributed by atoms with E-state index in [1.807, 2.05) is 12.3 Å². The number of rotatable bonds is 4. The first kappa shape index (κ1) is 11.1. The molecule has 0 aromatic carbocycles. The van der Waals surface area contributed by atoms with Crippen molar-refractivity contribution in [3.05, 3.63) is 11.2 Å². The fourth-order valence-corrected chi connectivity index (χ4v) is 2.24. The number of halogens is 1. The van der Waals surface area contributed by atoms with E-state index < -0.39 is 0 Å². The lowest BCUT2D eigenvalue weighted by atomic mass is 10.6. The monoisotopic (exact) mass is 234 g/mol. The Morgan fingerprint density at radius 2 is 2.23 bits per heavy atom. The molecule has 0 aliphatic heterocycles. The van der Waals surface area contributed by atoms with Crippen LogP contribution in [-0.2, 0) is 0 Å². The fraction of sp³-hybridized carbons (Fsp3) is 0.500. The molecule has 2 nitrogen and oxygen atoms in total. The van der Waals surface area contributed by atoms with Crippen LogP contribution < -0.4 is 0 Å². The molecule has 0 unspecified atom stereocenters. The van der Waals surface area contributed by atoms with Gasteiger partial charge in [0.15, 0.2) is 5.16 Å². The summed E-state index contributed by atoms with van der Waals surface area (Å²) < 4.78 is 0. The summed E-state index contributed by atoms with van der Waals surface area (Å²) in [5.41, 5.74) is 0. The normalized spacial score (nSPS) is 10.4. The zero-order valence-corrected chi connectivity index (χ0v) is 9.97. The Morgan fingerprint density at radius 3 is 2.85 bits per heavy atom. The van der Waals surface area contributed by atoms with Crippen molar-refractivity contribution < 1.29 is 0 Å². The minimum atomic E-state index is 0.526. The van der Waals surface area contributed by atoms with Gasteiger partial charge in [-0.05, 0) is 18.4 Å². The first-order valence-corrected chi connectivity index (χ1v) is 6.56. The van der Waals surface area contributed by atoms with Crippen molar-refractivity contribution in [3.8, 4) is 0 Å². The summed E-state index contributed by atoms with van der Waals surface area (Å²) in [4.78, 5) is 8.38. The highest BCUT2D eigenvalue weighted by atomic mass is 35.5. The van der Waals surface area contributed by atoms with E-state index in [0.29, 0.717) is 5.15 Å². The number of hydrogen-bond donors (Lipinski definition) is 0. The molecule has 13 heavy (non-hydrogen) atoms. The standard InChI is InChI=1S/C8H11ClN2S2/c1-3-4-13-7-5-6(9)10-8(11-7)12-2/h5H,3-4H2,1-2H3. The summed E-state index contributed by atoms with van der Waals surface area (Å²) in [6, 6.07) is 1.81. The molecule has 5 heteroatoms. The zero-order valence-electron chi connectivity index (χ0n) is 7.58. The molecule has 0 fully saturated rings. The molecule has 1 aromatic rings. The van der Waals surface area contributed by atoms with Gasteiger partial charge >= 0.3 is 0 Å². The van der Waals surface area contributed by atoms with Gasteiger partial charge in [-0.1, -0.05) is 30.3 Å². The number of thioether (sulfide) groups is 2. The maximum Gasteiger partial charge on any atom is 0.189 e. The SMILES string of the molecule is CCCSc1cc(Cl)nc(SC)n1. The van der Waals surface area contributed by atoms with Gasteiger partial charge in [0.25, 0.3) is 0 Å². The molecule has 0 N–H and O–H groups in total. The van der Waals surface area contributed by atoms with Gasteiger partial charge in [0, 0.05) is 6.07 Å². The van der Waals surface area contributed by atoms with E-state index in [1.165, 1.54) is 11.8 Å². The van der Waals surface area contributed by atoms with Crippen molar-refractivity contribution in [1.29, 1.82) is 0 Å². The highest BCUT2D eigenvalue weighted by Gasteiger charge is 2.01. The van der Waals surface area contributed by atoms with Crippen LogP contribution in [0.2, 0.25) is 5.15 Å². The second-order valence-corrected chi connectivity index (χ2v) is 4.64. The van der Waals surface area contributed by atoms with Crippen LogP contribution in [0.1, 0.15) is 13.3 Å². The first-order chi connectivity index (χ1) is 6.26. The average Bonchev–Trinajstić information content (AvgIpc) is 2.14. The van der Waals surface area contributed by atoms with Gasteiger partial charge in [0.2, 0.25) is 0 Å². The number of nitrogens with zero attached hydrogens (tertiary/aromatic N) is 2. The van der Waals surface area contributed by atoms with Gasteiger partial charge in [-0.3, -0.25) is 0 Å². The minimum absolute atomic E-state index is 0.526. The molecular formula is C8H11ClN2S2. The van der Waals surface area contributed by atoms with Crippen LogP contribution in [0.15, 0.2) is 16.2 Å². The van der Waals surface area contributed by atoms with Gasteiger partial charge in [0.05, 0.1) is 0 Å². The van der Waals surface area contributed by atoms with Crippen molar-refractivity contribution in [1.82, 2.24) is 9.97 Å². The molecule has 0 atom stereocenters. The molecule has 0 aliphatic carbocycles. The van der Waals surface area contributed by atoms with Crippen molar-refractivity contribution in [2.45, 2.75) is 23.5 Å². The predicted molar refractivity (Wildman–Crippen MR) is 59.8 cm³/mol. The number of hydrogen-bond acceptors (Lipinski definition) is 4. The van der Waals surface area contributed by atoms with E-state index in [0.717, 1.165) is 22.4 Å². The first-order valence-electron chi connectivity index (χ1n) is 3.97. The lowest BCUT2D eigenvalue weighted by Gasteiger charge is -2.01. The second kappa shape index (κ2) is 5.73. The summed E-state index contributed by atoms with van der Waals surface area (Å²) in [6.45, 7) is 2.14. The van der Waals surface area contributed by atoms with E-state index in [1.54, 1.807) is 11.8 Å². The summed E-state index contributed by atoms with van der Waals surface area (Å²) >= 11 is 9.06. The van der Waals surface area contributed by atoms with Crippen LogP contribution in [0.5, 0.6) is 0 Å². The van der Waals surface area contributed by atoms with Crippen LogP contribution in [0.25, 0.3) is 0 Å². The summed E-state index contributed by atoms with van der Waals surface area (Å²) in [5.74, 6) is 1.07. The average molecular weight is 235 g/mol. The second-order valence-electron chi connectivity index (χ2n) is 2.36. The summed E-state index contributed by atoms with van der Waals surface area (Å²) in [5, 5.41) is 2.23. The highest BCUT2D eigenvalue weighted by Crippen LogP contribution is 2.22. The Labute approximate surface area is 91.9 Å². The van der Waals surface area contributed by atoms with Gasteiger partial charge in [0.1, 0.15) is 10.2 Å². The van der Waals surface area contributed by atoms with Crippen LogP contribution in [-0.4, -0.2) is 22.0 Å². The Hall–Kier alpha value is 0.0700. The molecule has 0 bridgehead atoms. The molecule has 0 spiro atoms. The topological polar surface area (TPSA) is 25.8 Å². The third-order valence-corrected chi connectivity index (χ3v) is 3.15. The Kier molecular flexibility index (Phi) is 4.91. The lowest BCUT2D eigenvalue weighted by Crippen LogP contribution is -1.89. The fourth-order valence-electron chi connectivity index (χ4n) is 0.749. The molecule has 72 valence electrons. The van der Waals surface area contributed by atoms with E-state index in [-0.39, 0.29) is 0 Å². The number of aromatic nitrogens is 2. The van der Waals surface area contributed by atoms with Gasteiger partial charge in [-0.2, -0.15) is 0 Å². The maximum absolute atomic E-state index is 5.83. The molecule has 0 saturated carbocycles. The Morgan fingerprint density at radius 1 is 1.46 bits per heavy atom. The quantitative estimate of drug-likeness (QED) is 0.453. The highest BCUT2D eigenvalue weighted by molar-refractivity contribution is 7.99. The van der Waals surface area contributed by atoms with Gasteiger partial charge in [-0.25, -0.2) is 9.97 Å². The van der Waals surface area contributed by atoms with E-state index in [2.05, 4.69) is 16.9 Å². The summed E-state index contributed by atoms with van der Waals surface area (Å²) in [6.07, 6.45) is 3.08. The van der Waals surface area contributed by atoms with Crippen LogP contribution in [0.3, 0.4) is 0 Å². The largest absolute Gasteiger partial charge is 0.216 e. The van der Waals surface area contributed by atoms with E-state index >= 15 is 0 Å². The van der Waals surface area contributed by atoms with Crippen molar-refractivity contribution in [3.63, 3.8) is 0 Å². The van der Waals surface area contributed by atoms with Crippen molar-refractivity contribution in [2.75, 3.05) is 12.0 Å². The molecule has 0 saturated heterocycles. The maximum atomic E-state index is 5.83. The van der Waals surface area contributed by atoms with E-state index in [9.17, 15) is 0 Å². The third kappa shape index (κ3) is 3.75. The van der Waals surface area contributed by atoms with Gasteiger partial charge in [-0.15, -0.1) is 11.8 Å². The smallest absolute Gasteiger partial charge is 0.189 e. The Balaban J connectivity index is 2.76. The molecule has 1 heterocycles. The van der Waals surface area contributed by atoms with Gasteiger partial charge < -0.3 is 0 Å². The van der Waals surface area contributed by atoms with E-state index in [4.69, 9.17) is 11.6 Å². The molecule has 1 aromatic heterocycles. The molecule has 0 amide bonds. The van der Waals surface area contributed by atoms with Crippen molar-refractivity contribution >= 4 is 35.1 Å². The van der Waals surface area contributed by atoms with Crippen molar-refractivity contribution in [2.24, 2.45) is 0 Å². The van der Waals surface area contributed by atoms with Crippen LogP contribution in [0.4, 0.5) is 0 Å². The molecule has 0 aliphatic rings. The third-order valence-electron chi connectivity index (χ3n) is 1.29. The predicted octanol–water partition coefficient (Wildman–Crippen LogP) is 3.35. The van der Waals surface area contributed by atoms with Crippen LogP contribution >= 0.6 is 35.1 Å². The van der Waals surface area contributed by atoms with Crippen LogP contribution in [0, 0.1) is 0 Å². The zero-order chi connectivity index (χ0) is 9.68.